The van der Waals surface area contributed by atoms with Gasteiger partial charge in [0.2, 0.25) is 5.95 Å². The predicted octanol–water partition coefficient (Wildman–Crippen LogP) is 1.73. The van der Waals surface area contributed by atoms with Crippen molar-refractivity contribution in [1.29, 1.82) is 0 Å². The normalized spacial score (nSPS) is 9.73. The van der Waals surface area contributed by atoms with Gasteiger partial charge in [0, 0.05) is 17.3 Å². The Labute approximate surface area is 64.1 Å². The molecule has 58 valence electrons. The van der Waals surface area contributed by atoms with E-state index in [1.165, 1.54) is 6.92 Å². The van der Waals surface area contributed by atoms with Crippen molar-refractivity contribution in [3.05, 3.63) is 29.3 Å². The second-order valence-electron chi connectivity index (χ2n) is 2.38. The van der Waals surface area contributed by atoms with Gasteiger partial charge in [-0.25, -0.2) is 4.98 Å². The highest BCUT2D eigenvalue weighted by Crippen LogP contribution is 2.04. The first kappa shape index (κ1) is 7.85. The van der Waals surface area contributed by atoms with E-state index in [1.54, 1.807) is 13.0 Å². The first-order valence-electron chi connectivity index (χ1n) is 3.25. The zero-order chi connectivity index (χ0) is 8.43. The third-order valence-electron chi connectivity index (χ3n) is 1.33. The number of aromatic nitrogens is 1. The SMILES string of the molecule is CC(=O)c1cc(C)nc(F)c1. The Bertz CT molecular complexity index is 276. The minimum Gasteiger partial charge on any atom is -0.295 e. The van der Waals surface area contributed by atoms with Gasteiger partial charge in [-0.05, 0) is 19.9 Å². The molecule has 0 N–H and O–H groups in total. The van der Waals surface area contributed by atoms with Gasteiger partial charge < -0.3 is 0 Å². The molecule has 0 aliphatic carbocycles. The average molecular weight is 153 g/mol. The molecular weight excluding hydrogens is 145 g/mol. The van der Waals surface area contributed by atoms with Crippen molar-refractivity contribution in [3.8, 4) is 0 Å². The van der Waals surface area contributed by atoms with Gasteiger partial charge in [-0.1, -0.05) is 0 Å². The molecule has 1 aromatic heterocycles. The number of nitrogens with zero attached hydrogens (tertiary/aromatic N) is 1. The fourth-order valence-electron chi connectivity index (χ4n) is 0.831. The summed E-state index contributed by atoms with van der Waals surface area (Å²) < 4.78 is 12.5. The van der Waals surface area contributed by atoms with Crippen LogP contribution in [0.15, 0.2) is 12.1 Å². The summed E-state index contributed by atoms with van der Waals surface area (Å²) >= 11 is 0. The highest BCUT2D eigenvalue weighted by atomic mass is 19.1. The molecule has 0 aromatic carbocycles. The van der Waals surface area contributed by atoms with Crippen LogP contribution in [-0.2, 0) is 0 Å². The number of pyridine rings is 1. The number of hydrogen-bond donors (Lipinski definition) is 0. The van der Waals surface area contributed by atoms with Crippen molar-refractivity contribution in [2.45, 2.75) is 13.8 Å². The summed E-state index contributed by atoms with van der Waals surface area (Å²) in [6.07, 6.45) is 0. The average Bonchev–Trinajstić information content (AvgIpc) is 1.85. The standard InChI is InChI=1S/C8H8FNO/c1-5-3-7(6(2)11)4-8(9)10-5/h3-4H,1-2H3. The Morgan fingerprint density at radius 2 is 2.18 bits per heavy atom. The molecule has 0 aliphatic rings. The fourth-order valence-corrected chi connectivity index (χ4v) is 0.831. The number of halogens is 1. The van der Waals surface area contributed by atoms with Crippen LogP contribution in [0, 0.1) is 12.9 Å². The van der Waals surface area contributed by atoms with Gasteiger partial charge in [0.15, 0.2) is 5.78 Å². The molecule has 0 amide bonds. The molecule has 0 atom stereocenters. The van der Waals surface area contributed by atoms with Crippen LogP contribution in [0.1, 0.15) is 23.0 Å². The summed E-state index contributed by atoms with van der Waals surface area (Å²) in [5.74, 6) is -0.746. The van der Waals surface area contributed by atoms with Crippen LogP contribution in [-0.4, -0.2) is 10.8 Å². The molecule has 0 radical (unpaired) electrons. The van der Waals surface area contributed by atoms with Gasteiger partial charge >= 0.3 is 0 Å². The van der Waals surface area contributed by atoms with E-state index >= 15 is 0 Å². The maximum absolute atomic E-state index is 12.5. The number of hydrogen-bond acceptors (Lipinski definition) is 2. The number of rotatable bonds is 1. The van der Waals surface area contributed by atoms with E-state index in [1.807, 2.05) is 0 Å². The van der Waals surface area contributed by atoms with Gasteiger partial charge in [-0.3, -0.25) is 4.79 Å². The van der Waals surface area contributed by atoms with Gasteiger partial charge in [-0.2, -0.15) is 4.39 Å². The number of Topliss-reactive ketones (excluding diaryl/α,β-unsaturated/α-hetero) is 1. The van der Waals surface area contributed by atoms with Crippen LogP contribution in [0.3, 0.4) is 0 Å². The van der Waals surface area contributed by atoms with E-state index in [2.05, 4.69) is 4.98 Å². The van der Waals surface area contributed by atoms with Crippen molar-refractivity contribution < 1.29 is 9.18 Å². The van der Waals surface area contributed by atoms with Gasteiger partial charge in [0.1, 0.15) is 0 Å². The molecule has 3 heteroatoms. The number of ketones is 1. The van der Waals surface area contributed by atoms with Gasteiger partial charge in [0.05, 0.1) is 0 Å². The van der Waals surface area contributed by atoms with E-state index in [9.17, 15) is 9.18 Å². The third-order valence-corrected chi connectivity index (χ3v) is 1.33. The lowest BCUT2D eigenvalue weighted by atomic mass is 10.2. The van der Waals surface area contributed by atoms with Crippen molar-refractivity contribution in [2.75, 3.05) is 0 Å². The summed E-state index contributed by atoms with van der Waals surface area (Å²) in [5.41, 5.74) is 0.894. The fraction of sp³-hybridized carbons (Fsp3) is 0.250. The van der Waals surface area contributed by atoms with Crippen LogP contribution < -0.4 is 0 Å². The topological polar surface area (TPSA) is 30.0 Å². The summed E-state index contributed by atoms with van der Waals surface area (Å²) in [6.45, 7) is 3.05. The molecule has 0 bridgehead atoms. The van der Waals surface area contributed by atoms with E-state index in [0.717, 1.165) is 6.07 Å². The van der Waals surface area contributed by atoms with E-state index in [-0.39, 0.29) is 5.78 Å². The van der Waals surface area contributed by atoms with Crippen molar-refractivity contribution in [2.24, 2.45) is 0 Å². The predicted molar refractivity (Wildman–Crippen MR) is 38.9 cm³/mol. The zero-order valence-electron chi connectivity index (χ0n) is 6.39. The summed E-state index contributed by atoms with van der Waals surface area (Å²) in [4.78, 5) is 14.3. The number of carbonyl (C=O) groups is 1. The molecule has 2 nitrogen and oxygen atoms in total. The molecule has 1 heterocycles. The molecule has 1 aromatic rings. The molecule has 11 heavy (non-hydrogen) atoms. The molecule has 0 aliphatic heterocycles. The second kappa shape index (κ2) is 2.78. The quantitative estimate of drug-likeness (QED) is 0.454. The molecule has 0 saturated carbocycles. The first-order chi connectivity index (χ1) is 5.09. The lowest BCUT2D eigenvalue weighted by Crippen LogP contribution is -1.96. The smallest absolute Gasteiger partial charge is 0.213 e. The maximum Gasteiger partial charge on any atom is 0.213 e. The van der Waals surface area contributed by atoms with Gasteiger partial charge in [-0.15, -0.1) is 0 Å². The van der Waals surface area contributed by atoms with E-state index in [0.29, 0.717) is 11.3 Å². The van der Waals surface area contributed by atoms with Crippen LogP contribution >= 0.6 is 0 Å². The monoisotopic (exact) mass is 153 g/mol. The largest absolute Gasteiger partial charge is 0.295 e. The maximum atomic E-state index is 12.5. The van der Waals surface area contributed by atoms with E-state index < -0.39 is 5.95 Å². The van der Waals surface area contributed by atoms with Gasteiger partial charge in [0.25, 0.3) is 0 Å². The zero-order valence-corrected chi connectivity index (χ0v) is 6.39. The Morgan fingerprint density at radius 1 is 1.55 bits per heavy atom. The summed E-state index contributed by atoms with van der Waals surface area (Å²) in [5, 5.41) is 0. The van der Waals surface area contributed by atoms with Crippen LogP contribution in [0.5, 0.6) is 0 Å². The lowest BCUT2D eigenvalue weighted by molar-refractivity contribution is 0.101. The summed E-state index contributed by atoms with van der Waals surface area (Å²) in [7, 11) is 0. The third kappa shape index (κ3) is 1.83. The Morgan fingerprint density at radius 3 is 2.64 bits per heavy atom. The highest BCUT2D eigenvalue weighted by Gasteiger charge is 2.02. The van der Waals surface area contributed by atoms with Crippen molar-refractivity contribution in [1.82, 2.24) is 4.98 Å². The number of aryl methyl sites for hydroxylation is 1. The molecule has 0 fully saturated rings. The summed E-state index contributed by atoms with van der Waals surface area (Å²) in [6, 6.07) is 2.70. The van der Waals surface area contributed by atoms with Crippen molar-refractivity contribution >= 4 is 5.78 Å². The van der Waals surface area contributed by atoms with Crippen LogP contribution in [0.2, 0.25) is 0 Å². The molecule has 0 unspecified atom stereocenters. The minimum absolute atomic E-state index is 0.144. The molecule has 0 spiro atoms. The Balaban J connectivity index is 3.19. The molecule has 0 saturated heterocycles. The number of carbonyl (C=O) groups excluding carboxylic acids is 1. The van der Waals surface area contributed by atoms with Crippen LogP contribution in [0.25, 0.3) is 0 Å². The van der Waals surface area contributed by atoms with E-state index in [4.69, 9.17) is 0 Å². The Hall–Kier alpha value is -1.25. The lowest BCUT2D eigenvalue weighted by Gasteiger charge is -1.96. The van der Waals surface area contributed by atoms with Crippen molar-refractivity contribution in [3.63, 3.8) is 0 Å². The highest BCUT2D eigenvalue weighted by molar-refractivity contribution is 5.93. The molecule has 1 rings (SSSR count). The minimum atomic E-state index is -0.602. The second-order valence-corrected chi connectivity index (χ2v) is 2.38. The van der Waals surface area contributed by atoms with Crippen LogP contribution in [0.4, 0.5) is 4.39 Å². The molecular formula is C8H8FNO. The Kier molecular flexibility index (Phi) is 1.98. The first-order valence-corrected chi connectivity index (χ1v) is 3.25.